The van der Waals surface area contributed by atoms with Crippen LogP contribution in [0.15, 0.2) is 53.0 Å². The zero-order chi connectivity index (χ0) is 20.4. The van der Waals surface area contributed by atoms with Gasteiger partial charge in [-0.25, -0.2) is 0 Å². The molecular formula is C21H24BrNO5. The first-order valence-corrected chi connectivity index (χ1v) is 9.77. The van der Waals surface area contributed by atoms with Crippen LogP contribution in [0.4, 0.5) is 0 Å². The second kappa shape index (κ2) is 11.3. The Morgan fingerprint density at radius 1 is 1.00 bits per heavy atom. The van der Waals surface area contributed by atoms with Crippen molar-refractivity contribution in [1.29, 1.82) is 0 Å². The summed E-state index contributed by atoms with van der Waals surface area (Å²) in [5.41, 5.74) is 0.980. The van der Waals surface area contributed by atoms with Crippen molar-refractivity contribution in [2.75, 3.05) is 26.9 Å². The van der Waals surface area contributed by atoms with E-state index in [-0.39, 0.29) is 25.5 Å². The molecule has 0 atom stereocenters. The molecule has 150 valence electrons. The minimum atomic E-state index is -0.478. The van der Waals surface area contributed by atoms with Crippen LogP contribution in [-0.2, 0) is 20.9 Å². The van der Waals surface area contributed by atoms with Gasteiger partial charge in [-0.1, -0.05) is 34.1 Å². The Kier molecular flexibility index (Phi) is 8.81. The quantitative estimate of drug-likeness (QED) is 0.515. The van der Waals surface area contributed by atoms with Crippen LogP contribution in [0.2, 0.25) is 0 Å². The van der Waals surface area contributed by atoms with E-state index in [9.17, 15) is 9.59 Å². The fraction of sp³-hybridized carbons (Fsp3) is 0.333. The Morgan fingerprint density at radius 3 is 2.29 bits per heavy atom. The molecule has 2 aromatic rings. The zero-order valence-corrected chi connectivity index (χ0v) is 17.6. The molecule has 28 heavy (non-hydrogen) atoms. The number of nitrogens with zero attached hydrogens (tertiary/aromatic N) is 1. The summed E-state index contributed by atoms with van der Waals surface area (Å²) in [6, 6.07) is 14.8. The van der Waals surface area contributed by atoms with Gasteiger partial charge in [-0.05, 0) is 42.8 Å². The number of halogens is 1. The van der Waals surface area contributed by atoms with E-state index in [0.29, 0.717) is 18.9 Å². The molecule has 2 rings (SSSR count). The Morgan fingerprint density at radius 2 is 1.64 bits per heavy atom. The van der Waals surface area contributed by atoms with E-state index >= 15 is 0 Å². The molecule has 0 radical (unpaired) electrons. The van der Waals surface area contributed by atoms with Gasteiger partial charge in [0.1, 0.15) is 11.5 Å². The Bertz CT molecular complexity index is 779. The van der Waals surface area contributed by atoms with Gasteiger partial charge in [0.25, 0.3) is 5.91 Å². The van der Waals surface area contributed by atoms with E-state index in [1.54, 1.807) is 31.3 Å². The highest BCUT2D eigenvalue weighted by atomic mass is 79.9. The number of carbonyl (C=O) groups is 2. The molecule has 0 unspecified atom stereocenters. The lowest BCUT2D eigenvalue weighted by Crippen LogP contribution is -2.31. The number of hydrogen-bond donors (Lipinski definition) is 0. The minimum absolute atomic E-state index is 0.0639. The molecule has 0 heterocycles. The smallest absolute Gasteiger partial charge is 0.309 e. The van der Waals surface area contributed by atoms with Crippen molar-refractivity contribution in [1.82, 2.24) is 4.90 Å². The third kappa shape index (κ3) is 7.23. The van der Waals surface area contributed by atoms with Crippen molar-refractivity contribution in [3.05, 3.63) is 58.6 Å². The van der Waals surface area contributed by atoms with E-state index in [4.69, 9.17) is 14.2 Å². The highest BCUT2D eigenvalue weighted by Crippen LogP contribution is 2.18. The average Bonchev–Trinajstić information content (AvgIpc) is 2.69. The molecule has 1 amide bonds. The lowest BCUT2D eigenvalue weighted by Gasteiger charge is -2.18. The van der Waals surface area contributed by atoms with E-state index < -0.39 is 5.97 Å². The van der Waals surface area contributed by atoms with E-state index in [1.807, 2.05) is 31.2 Å². The highest BCUT2D eigenvalue weighted by Gasteiger charge is 2.13. The summed E-state index contributed by atoms with van der Waals surface area (Å²) in [4.78, 5) is 25.5. The Balaban J connectivity index is 1.67. The first kappa shape index (κ1) is 21.8. The van der Waals surface area contributed by atoms with Crippen molar-refractivity contribution in [3.63, 3.8) is 0 Å². The normalized spacial score (nSPS) is 10.2. The van der Waals surface area contributed by atoms with Crippen LogP contribution in [0.1, 0.15) is 18.9 Å². The molecule has 0 aliphatic rings. The first-order chi connectivity index (χ1) is 13.5. The lowest BCUT2D eigenvalue weighted by molar-refractivity contribution is -0.152. The summed E-state index contributed by atoms with van der Waals surface area (Å²) in [6.45, 7) is 2.83. The summed E-state index contributed by atoms with van der Waals surface area (Å²) in [5.74, 6) is 0.657. The van der Waals surface area contributed by atoms with E-state index in [0.717, 1.165) is 15.8 Å². The lowest BCUT2D eigenvalue weighted by atomic mass is 10.2. The largest absolute Gasteiger partial charge is 0.494 e. The second-order valence-corrected chi connectivity index (χ2v) is 6.86. The van der Waals surface area contributed by atoms with Gasteiger partial charge in [0.2, 0.25) is 0 Å². The maximum Gasteiger partial charge on any atom is 0.309 e. The molecule has 0 saturated carbocycles. The van der Waals surface area contributed by atoms with Crippen molar-refractivity contribution in [3.8, 4) is 11.5 Å². The molecule has 2 aromatic carbocycles. The molecule has 0 fully saturated rings. The van der Waals surface area contributed by atoms with Gasteiger partial charge >= 0.3 is 5.97 Å². The van der Waals surface area contributed by atoms with Crippen LogP contribution in [0.5, 0.6) is 11.5 Å². The minimum Gasteiger partial charge on any atom is -0.494 e. The second-order valence-electron chi connectivity index (χ2n) is 6.00. The maximum atomic E-state index is 12.1. The molecule has 0 aliphatic carbocycles. The highest BCUT2D eigenvalue weighted by molar-refractivity contribution is 9.10. The van der Waals surface area contributed by atoms with Crippen molar-refractivity contribution >= 4 is 27.8 Å². The number of esters is 1. The standard InChI is InChI=1S/C21H24BrNO5/c1-3-26-17-8-10-18(11-9-17)27-13-12-21(25)28-15-20(24)23(2)14-16-6-4-5-7-19(16)22/h4-11H,3,12-15H2,1-2H3. The molecule has 0 aromatic heterocycles. The molecule has 0 N–H and O–H groups in total. The average molecular weight is 450 g/mol. The Labute approximate surface area is 173 Å². The fourth-order valence-corrected chi connectivity index (χ4v) is 2.76. The molecule has 6 nitrogen and oxygen atoms in total. The SMILES string of the molecule is CCOc1ccc(OCCC(=O)OCC(=O)N(C)Cc2ccccc2Br)cc1. The number of amides is 1. The van der Waals surface area contributed by atoms with Crippen LogP contribution in [0, 0.1) is 0 Å². The van der Waals surface area contributed by atoms with Crippen molar-refractivity contribution < 1.29 is 23.8 Å². The zero-order valence-electron chi connectivity index (χ0n) is 16.0. The topological polar surface area (TPSA) is 65.1 Å². The van der Waals surface area contributed by atoms with Gasteiger partial charge in [-0.15, -0.1) is 0 Å². The molecule has 0 saturated heterocycles. The number of likely N-dealkylation sites (N-methyl/N-ethyl adjacent to an activating group) is 1. The van der Waals surface area contributed by atoms with Gasteiger partial charge in [0.05, 0.1) is 19.6 Å². The third-order valence-corrected chi connectivity index (χ3v) is 4.63. The maximum absolute atomic E-state index is 12.1. The van der Waals surface area contributed by atoms with Crippen LogP contribution < -0.4 is 9.47 Å². The van der Waals surface area contributed by atoms with Crippen LogP contribution in [0.25, 0.3) is 0 Å². The molecule has 0 aliphatic heterocycles. The predicted molar refractivity (Wildman–Crippen MR) is 109 cm³/mol. The van der Waals surface area contributed by atoms with Crippen molar-refractivity contribution in [2.24, 2.45) is 0 Å². The fourth-order valence-electron chi connectivity index (χ4n) is 2.35. The molecule has 0 spiro atoms. The van der Waals surface area contributed by atoms with Gasteiger partial charge in [-0.3, -0.25) is 9.59 Å². The van der Waals surface area contributed by atoms with Gasteiger partial charge < -0.3 is 19.1 Å². The van der Waals surface area contributed by atoms with E-state index in [1.165, 1.54) is 4.90 Å². The third-order valence-electron chi connectivity index (χ3n) is 3.86. The summed E-state index contributed by atoms with van der Waals surface area (Å²) >= 11 is 3.45. The van der Waals surface area contributed by atoms with Crippen molar-refractivity contribution in [2.45, 2.75) is 19.9 Å². The number of benzene rings is 2. The summed E-state index contributed by atoms with van der Waals surface area (Å²) in [5, 5.41) is 0. The van der Waals surface area contributed by atoms with Crippen LogP contribution in [-0.4, -0.2) is 43.6 Å². The molecule has 7 heteroatoms. The summed E-state index contributed by atoms with van der Waals surface area (Å²) in [6.07, 6.45) is 0.0639. The number of rotatable bonds is 10. The number of carbonyl (C=O) groups excluding carboxylic acids is 2. The number of hydrogen-bond acceptors (Lipinski definition) is 5. The molecule has 0 bridgehead atoms. The summed E-state index contributed by atoms with van der Waals surface area (Å²) in [7, 11) is 1.67. The summed E-state index contributed by atoms with van der Waals surface area (Å²) < 4.78 is 16.8. The first-order valence-electron chi connectivity index (χ1n) is 8.98. The van der Waals surface area contributed by atoms with Gasteiger partial charge in [0.15, 0.2) is 6.61 Å². The van der Waals surface area contributed by atoms with Gasteiger partial charge in [-0.2, -0.15) is 0 Å². The van der Waals surface area contributed by atoms with Crippen LogP contribution in [0.3, 0.4) is 0 Å². The Hall–Kier alpha value is -2.54. The van der Waals surface area contributed by atoms with Gasteiger partial charge in [0, 0.05) is 18.1 Å². The number of ether oxygens (including phenoxy) is 3. The monoisotopic (exact) mass is 449 g/mol. The predicted octanol–water partition coefficient (Wildman–Crippen LogP) is 3.82. The van der Waals surface area contributed by atoms with Crippen LogP contribution >= 0.6 is 15.9 Å². The molecular weight excluding hydrogens is 426 g/mol. The van der Waals surface area contributed by atoms with E-state index in [2.05, 4.69) is 15.9 Å².